The first-order chi connectivity index (χ1) is 21.3. The number of phosphoric ester groups is 2. The molecule has 4 aromatic heterocycles. The van der Waals surface area contributed by atoms with Crippen LogP contribution in [0.1, 0.15) is 12.5 Å². The Morgan fingerprint density at radius 2 is 1.43 bits per heavy atom. The summed E-state index contributed by atoms with van der Waals surface area (Å²) in [7, 11) is -10.4. The second-order valence-corrected chi connectivity index (χ2v) is 12.9. The van der Waals surface area contributed by atoms with Crippen molar-refractivity contribution in [2.45, 2.75) is 49.2 Å². The Kier molecular flexibility index (Phi) is 9.21. The summed E-state index contributed by atoms with van der Waals surface area (Å²) in [5.41, 5.74) is 10.4. The minimum Gasteiger partial charge on any atom is -0.382 e. The van der Waals surface area contributed by atoms with Crippen molar-refractivity contribution in [3.05, 3.63) is 29.3 Å². The maximum absolute atomic E-state index is 15.9. The molecule has 0 radical (unpaired) electrons. The molecule has 7 rings (SSSR count). The number of hydrogen-bond donors (Lipinski definition) is 7. The molecular weight excluding hydrogens is 684 g/mol. The van der Waals surface area contributed by atoms with Crippen LogP contribution < -0.4 is 29.3 Å². The van der Waals surface area contributed by atoms with Crippen LogP contribution in [0.2, 0.25) is 0 Å². The quantitative estimate of drug-likeness (QED) is 0.134. The zero-order chi connectivity index (χ0) is 31.8. The first-order valence-electron chi connectivity index (χ1n) is 12.9. The Balaban J connectivity index is 0.00000217. The third-order valence-corrected chi connectivity index (χ3v) is 9.20. The molecule has 7 heterocycles. The molecule has 27 heteroatoms. The summed E-state index contributed by atoms with van der Waals surface area (Å²) in [5, 5.41) is 0. The highest BCUT2D eigenvalue weighted by Gasteiger charge is 2.55. The van der Waals surface area contributed by atoms with E-state index in [-0.39, 0.29) is 46.4 Å². The number of ether oxygens (including phenoxy) is 2. The summed E-state index contributed by atoms with van der Waals surface area (Å²) in [6.45, 7) is -1.94. The third kappa shape index (κ3) is 6.12. The van der Waals surface area contributed by atoms with Crippen LogP contribution in [-0.2, 0) is 36.7 Å². The van der Waals surface area contributed by atoms with Crippen molar-refractivity contribution >= 4 is 49.7 Å². The second-order valence-electron chi connectivity index (χ2n) is 10.0. The molecule has 0 amide bonds. The second kappa shape index (κ2) is 12.5. The summed E-state index contributed by atoms with van der Waals surface area (Å²) in [5.74, 6) is -0.342. The van der Waals surface area contributed by atoms with E-state index in [1.165, 1.54) is 0 Å². The van der Waals surface area contributed by atoms with Crippen LogP contribution >= 0.6 is 15.6 Å². The molecule has 2 unspecified atom stereocenters. The molecule has 23 nitrogen and oxygen atoms in total. The number of halogens is 2. The van der Waals surface area contributed by atoms with Gasteiger partial charge in [-0.1, -0.05) is 0 Å². The summed E-state index contributed by atoms with van der Waals surface area (Å²) < 4.78 is 91.3. The summed E-state index contributed by atoms with van der Waals surface area (Å²) in [4.78, 5) is 55.2. The fourth-order valence-electron chi connectivity index (χ4n) is 5.23. The number of aromatic nitrogens is 8. The van der Waals surface area contributed by atoms with E-state index in [4.69, 9.17) is 39.0 Å². The number of nitrogens with two attached hydrogens (primary N) is 2. The third-order valence-electron chi connectivity index (χ3n) is 7.23. The van der Waals surface area contributed by atoms with E-state index in [0.717, 1.165) is 28.1 Å². The largest absolute Gasteiger partial charge is 0.472 e. The van der Waals surface area contributed by atoms with Gasteiger partial charge in [-0.05, 0) is 0 Å². The number of anilines is 2. The van der Waals surface area contributed by atoms with Crippen molar-refractivity contribution in [2.24, 2.45) is 0 Å². The van der Waals surface area contributed by atoms with E-state index in [1.54, 1.807) is 0 Å². The number of nitrogen functional groups attached to an aromatic ring is 2. The van der Waals surface area contributed by atoms with Gasteiger partial charge in [0.05, 0.1) is 25.9 Å². The molecule has 3 aliphatic heterocycles. The van der Waals surface area contributed by atoms with E-state index in [9.17, 15) is 23.7 Å². The predicted octanol–water partition coefficient (Wildman–Crippen LogP) is -0.0631. The van der Waals surface area contributed by atoms with Crippen LogP contribution in [0, 0.1) is 0 Å². The number of nitrogens with one attached hydrogen (secondary N) is 1. The molecule has 258 valence electrons. The predicted molar refractivity (Wildman–Crippen MR) is 151 cm³/mol. The number of alkyl halides is 2. The van der Waals surface area contributed by atoms with Crippen LogP contribution in [0.5, 0.6) is 0 Å². The van der Waals surface area contributed by atoms with Gasteiger partial charge >= 0.3 is 15.6 Å². The topological polar surface area (TPSA) is 359 Å². The highest BCUT2D eigenvalue weighted by Crippen LogP contribution is 2.54. The van der Waals surface area contributed by atoms with E-state index in [0.29, 0.717) is 0 Å². The van der Waals surface area contributed by atoms with Crippen molar-refractivity contribution in [1.82, 2.24) is 51.3 Å². The van der Waals surface area contributed by atoms with E-state index in [1.807, 2.05) is 0 Å². The molecule has 0 aliphatic carbocycles. The zero-order valence-corrected chi connectivity index (χ0v) is 25.5. The zero-order valence-electron chi connectivity index (χ0n) is 23.7. The highest BCUT2D eigenvalue weighted by atomic mass is 31.2. The first-order valence-corrected chi connectivity index (χ1v) is 15.9. The van der Waals surface area contributed by atoms with Gasteiger partial charge in [0, 0.05) is 0 Å². The minimum absolute atomic E-state index is 0. The number of phosphoric acid groups is 2. The molecule has 0 aromatic carbocycles. The fraction of sp³-hybridized carbons (Fsp3) is 0.500. The SMILES string of the molecule is N.N.Nc1nc2c(ncn2[C@@H]2O[C@@H]3COP(=O)(O)O[C@H]4[C@H](F)[C@H](n5cnc6c(N)ncnc65)O[C@@H]4COP(=O)(O)O[C@@H]2[C@@H]3F)c(=O)[nH]1. The Morgan fingerprint density at radius 3 is 2.13 bits per heavy atom. The van der Waals surface area contributed by atoms with Gasteiger partial charge in [0.15, 0.2) is 47.4 Å². The average Bonchev–Trinajstić information content (AvgIpc) is 3.72. The maximum Gasteiger partial charge on any atom is 0.472 e. The van der Waals surface area contributed by atoms with Gasteiger partial charge in [0.25, 0.3) is 5.56 Å². The number of aromatic amines is 1. The standard InChI is InChI=1S/C20H22F2N10O11P2.2H3N/c21-8-6-1-38-44(34,35)42-12-7(41-18(9(12)22)31-4-27-10-14(23)25-3-26-15(10)31)2-39-45(36,37)43-13(8)19(40-6)32-5-28-11-16(32)29-20(24)30-17(11)33;;/h3-9,12-13,18-19H,1-2H2,(H,34,35)(H,36,37)(H2,23,25,26)(H3,24,29,30,33);2*1H3/t6-,7-,8-,9+,12-,13-,18-,19-;;/m1../s1. The van der Waals surface area contributed by atoms with Crippen molar-refractivity contribution in [2.75, 3.05) is 24.7 Å². The summed E-state index contributed by atoms with van der Waals surface area (Å²) in [6.07, 6.45) is -11.8. The molecule has 10 atom stereocenters. The lowest BCUT2D eigenvalue weighted by molar-refractivity contribution is -0.0669. The molecular formula is C20H28F2N12O11P2. The Bertz CT molecular complexity index is 1950. The van der Waals surface area contributed by atoms with Crippen molar-refractivity contribution in [1.29, 1.82) is 0 Å². The Morgan fingerprint density at radius 1 is 0.830 bits per heavy atom. The Hall–Kier alpha value is -3.58. The number of H-pyrrole nitrogens is 1. The molecule has 13 N–H and O–H groups in total. The van der Waals surface area contributed by atoms with Crippen LogP contribution in [0.4, 0.5) is 20.5 Å². The van der Waals surface area contributed by atoms with Gasteiger partial charge in [-0.25, -0.2) is 37.8 Å². The van der Waals surface area contributed by atoms with E-state index >= 15 is 8.78 Å². The van der Waals surface area contributed by atoms with E-state index < -0.39 is 83.6 Å². The van der Waals surface area contributed by atoms with Gasteiger partial charge in [0.2, 0.25) is 5.95 Å². The molecule has 3 saturated heterocycles. The number of nitrogens with zero attached hydrogens (tertiary/aromatic N) is 7. The van der Waals surface area contributed by atoms with Crippen molar-refractivity contribution < 1.29 is 55.3 Å². The van der Waals surface area contributed by atoms with Crippen molar-refractivity contribution in [3.63, 3.8) is 0 Å². The minimum atomic E-state index is -5.23. The molecule has 3 fully saturated rings. The van der Waals surface area contributed by atoms with Gasteiger partial charge in [-0.3, -0.25) is 37.0 Å². The lowest BCUT2D eigenvalue weighted by atomic mass is 10.1. The number of fused-ring (bicyclic) bond motifs is 5. The fourth-order valence-corrected chi connectivity index (χ4v) is 7.11. The smallest absolute Gasteiger partial charge is 0.382 e. The number of imidazole rings is 2. The lowest BCUT2D eigenvalue weighted by Gasteiger charge is -2.25. The Labute approximate surface area is 259 Å². The normalized spacial score (nSPS) is 36.1. The monoisotopic (exact) mass is 712 g/mol. The van der Waals surface area contributed by atoms with Crippen LogP contribution in [-0.4, -0.2) is 98.8 Å². The molecule has 3 aliphatic rings. The molecule has 0 spiro atoms. The van der Waals surface area contributed by atoms with Crippen LogP contribution in [0.3, 0.4) is 0 Å². The van der Waals surface area contributed by atoms with Crippen LogP contribution in [0.15, 0.2) is 23.8 Å². The molecule has 4 aromatic rings. The lowest BCUT2D eigenvalue weighted by Crippen LogP contribution is -2.34. The number of rotatable bonds is 2. The van der Waals surface area contributed by atoms with Crippen molar-refractivity contribution in [3.8, 4) is 0 Å². The number of hydrogen-bond acceptors (Lipinski definition) is 18. The van der Waals surface area contributed by atoms with Crippen LogP contribution in [0.25, 0.3) is 22.3 Å². The maximum atomic E-state index is 15.9. The van der Waals surface area contributed by atoms with Gasteiger partial charge in [-0.15, -0.1) is 0 Å². The van der Waals surface area contributed by atoms with Gasteiger partial charge in [0.1, 0.15) is 36.3 Å². The first kappa shape index (κ1) is 34.7. The van der Waals surface area contributed by atoms with Gasteiger partial charge < -0.3 is 43.0 Å². The molecule has 47 heavy (non-hydrogen) atoms. The average molecular weight is 712 g/mol. The summed E-state index contributed by atoms with van der Waals surface area (Å²) >= 11 is 0. The molecule has 0 saturated carbocycles. The molecule has 2 bridgehead atoms. The van der Waals surface area contributed by atoms with Gasteiger partial charge in [-0.2, -0.15) is 4.98 Å². The summed E-state index contributed by atoms with van der Waals surface area (Å²) in [6, 6.07) is 0. The van der Waals surface area contributed by atoms with E-state index in [2.05, 4.69) is 29.9 Å². The highest BCUT2D eigenvalue weighted by molar-refractivity contribution is 7.47.